The zero-order valence-electron chi connectivity index (χ0n) is 16.5. The number of hydrogen-bond acceptors (Lipinski definition) is 4. The summed E-state index contributed by atoms with van der Waals surface area (Å²) in [4.78, 5) is 40.0. The minimum Gasteiger partial charge on any atom is -0.370 e. The lowest BCUT2D eigenvalue weighted by atomic mass is 9.99. The summed E-state index contributed by atoms with van der Waals surface area (Å²) in [6, 6.07) is -1.28. The third kappa shape index (κ3) is 10.0. The van der Waals surface area contributed by atoms with Gasteiger partial charge in [0.05, 0.1) is 6.04 Å². The van der Waals surface area contributed by atoms with Crippen molar-refractivity contribution in [2.45, 2.75) is 71.9 Å². The van der Waals surface area contributed by atoms with Gasteiger partial charge in [-0.2, -0.15) is 0 Å². The summed E-state index contributed by atoms with van der Waals surface area (Å²) in [6.07, 6.45) is 3.65. The summed E-state index contributed by atoms with van der Waals surface area (Å²) in [5.74, 6) is -0.343. The molecule has 0 saturated heterocycles. The normalized spacial score (nSPS) is 13.2. The largest absolute Gasteiger partial charge is 0.370 e. The first-order valence-corrected chi connectivity index (χ1v) is 9.36. The minimum atomic E-state index is -0.650. The van der Waals surface area contributed by atoms with Crippen LogP contribution < -0.4 is 22.1 Å². The lowest BCUT2D eigenvalue weighted by Gasteiger charge is -2.24. The lowest BCUT2D eigenvalue weighted by Crippen LogP contribution is -2.51. The summed E-state index contributed by atoms with van der Waals surface area (Å²) >= 11 is 0. The molecule has 150 valence electrons. The van der Waals surface area contributed by atoms with Crippen molar-refractivity contribution in [1.29, 1.82) is 0 Å². The van der Waals surface area contributed by atoms with Crippen molar-refractivity contribution < 1.29 is 14.4 Å². The monoisotopic (exact) mass is 369 g/mol. The number of carbonyl (C=O) groups excluding carboxylic acids is 3. The molecule has 0 aliphatic heterocycles. The van der Waals surface area contributed by atoms with Crippen molar-refractivity contribution in [2.75, 3.05) is 6.54 Å². The average Bonchev–Trinajstić information content (AvgIpc) is 2.57. The standard InChI is InChI=1S/C18H35N5O3/c1-5-13(6-2)16(25)23-15(10-12(3)4)17(26)22-14(11-24)8-7-9-21-18(19)20/h11-15H,5-10H2,1-4H3,(H,22,26)(H,23,25)(H4,19,20,21)/t14-,15-/m0/s1. The van der Waals surface area contributed by atoms with Gasteiger partial charge >= 0.3 is 0 Å². The molecule has 0 saturated carbocycles. The summed E-state index contributed by atoms with van der Waals surface area (Å²) in [5, 5.41) is 5.55. The number of nitrogens with one attached hydrogen (secondary N) is 2. The summed E-state index contributed by atoms with van der Waals surface area (Å²) in [6.45, 7) is 8.25. The number of hydrogen-bond donors (Lipinski definition) is 4. The molecule has 8 heteroatoms. The molecule has 2 atom stereocenters. The maximum absolute atomic E-state index is 12.6. The van der Waals surface area contributed by atoms with Gasteiger partial charge in [-0.25, -0.2) is 0 Å². The SMILES string of the molecule is CCC(CC)C(=O)N[C@@H](CC(C)C)C(=O)N[C@H](C=O)CCCN=C(N)N. The highest BCUT2D eigenvalue weighted by atomic mass is 16.2. The van der Waals surface area contributed by atoms with Crippen LogP contribution in [0.1, 0.15) is 59.8 Å². The molecule has 0 aromatic heterocycles. The molecule has 0 spiro atoms. The third-order valence-corrected chi connectivity index (χ3v) is 4.16. The van der Waals surface area contributed by atoms with Gasteiger partial charge in [0.1, 0.15) is 12.3 Å². The van der Waals surface area contributed by atoms with E-state index in [0.29, 0.717) is 32.1 Å². The molecule has 6 N–H and O–H groups in total. The number of aldehydes is 1. The van der Waals surface area contributed by atoms with E-state index in [2.05, 4.69) is 15.6 Å². The fraction of sp³-hybridized carbons (Fsp3) is 0.778. The van der Waals surface area contributed by atoms with E-state index in [0.717, 1.165) is 12.8 Å². The van der Waals surface area contributed by atoms with Gasteiger partial charge in [0.2, 0.25) is 11.8 Å². The predicted molar refractivity (Wildman–Crippen MR) is 103 cm³/mol. The van der Waals surface area contributed by atoms with Gasteiger partial charge in [0, 0.05) is 12.5 Å². The molecule has 0 radical (unpaired) electrons. The van der Waals surface area contributed by atoms with Gasteiger partial charge in [-0.1, -0.05) is 27.7 Å². The molecule has 26 heavy (non-hydrogen) atoms. The number of nitrogens with two attached hydrogens (primary N) is 2. The Hall–Kier alpha value is -2.12. The zero-order chi connectivity index (χ0) is 20.1. The smallest absolute Gasteiger partial charge is 0.243 e. The molecule has 0 bridgehead atoms. The van der Waals surface area contributed by atoms with Gasteiger partial charge in [0.15, 0.2) is 5.96 Å². The Kier molecular flexibility index (Phi) is 12.1. The Morgan fingerprint density at radius 1 is 1.08 bits per heavy atom. The van der Waals surface area contributed by atoms with Gasteiger partial charge in [-0.15, -0.1) is 0 Å². The van der Waals surface area contributed by atoms with Crippen LogP contribution in [0.25, 0.3) is 0 Å². The second kappa shape index (κ2) is 13.1. The van der Waals surface area contributed by atoms with E-state index in [1.807, 2.05) is 27.7 Å². The van der Waals surface area contributed by atoms with Crippen LogP contribution >= 0.6 is 0 Å². The molecule has 8 nitrogen and oxygen atoms in total. The Labute approximate surface area is 156 Å². The van der Waals surface area contributed by atoms with Crippen LogP contribution in [0.4, 0.5) is 0 Å². The number of amides is 2. The highest BCUT2D eigenvalue weighted by molar-refractivity contribution is 5.89. The minimum absolute atomic E-state index is 0.00204. The summed E-state index contributed by atoms with van der Waals surface area (Å²) in [7, 11) is 0. The Balaban J connectivity index is 4.80. The first-order chi connectivity index (χ1) is 12.2. The maximum Gasteiger partial charge on any atom is 0.243 e. The Morgan fingerprint density at radius 2 is 1.69 bits per heavy atom. The van der Waals surface area contributed by atoms with Gasteiger partial charge in [0.25, 0.3) is 0 Å². The number of carbonyl (C=O) groups is 3. The van der Waals surface area contributed by atoms with Crippen LogP contribution in [0, 0.1) is 11.8 Å². The molecule has 0 aromatic rings. The van der Waals surface area contributed by atoms with Crippen LogP contribution in [-0.4, -0.2) is 42.7 Å². The van der Waals surface area contributed by atoms with Crippen LogP contribution in [0.2, 0.25) is 0 Å². The molecule has 0 rings (SSSR count). The fourth-order valence-electron chi connectivity index (χ4n) is 2.63. The van der Waals surface area contributed by atoms with Crippen molar-refractivity contribution in [3.8, 4) is 0 Å². The van der Waals surface area contributed by atoms with Gasteiger partial charge in [-0.3, -0.25) is 14.6 Å². The van der Waals surface area contributed by atoms with Crippen LogP contribution in [0.3, 0.4) is 0 Å². The van der Waals surface area contributed by atoms with Crippen LogP contribution in [0.15, 0.2) is 4.99 Å². The quantitative estimate of drug-likeness (QED) is 0.164. The lowest BCUT2D eigenvalue weighted by molar-refractivity contribution is -0.132. The Morgan fingerprint density at radius 3 is 2.15 bits per heavy atom. The van der Waals surface area contributed by atoms with E-state index < -0.39 is 12.1 Å². The van der Waals surface area contributed by atoms with E-state index >= 15 is 0 Å². The first-order valence-electron chi connectivity index (χ1n) is 9.36. The number of nitrogens with zero attached hydrogens (tertiary/aromatic N) is 1. The molecule has 0 fully saturated rings. The molecular weight excluding hydrogens is 334 g/mol. The zero-order valence-corrected chi connectivity index (χ0v) is 16.5. The van der Waals surface area contributed by atoms with Gasteiger partial charge in [-0.05, 0) is 38.0 Å². The maximum atomic E-state index is 12.6. The van der Waals surface area contributed by atoms with Crippen molar-refractivity contribution in [3.63, 3.8) is 0 Å². The number of aliphatic imine (C=N–C) groups is 1. The van der Waals surface area contributed by atoms with Crippen LogP contribution in [-0.2, 0) is 14.4 Å². The highest BCUT2D eigenvalue weighted by Crippen LogP contribution is 2.11. The highest BCUT2D eigenvalue weighted by Gasteiger charge is 2.26. The van der Waals surface area contributed by atoms with Crippen molar-refractivity contribution in [3.05, 3.63) is 0 Å². The molecule has 2 amide bonds. The third-order valence-electron chi connectivity index (χ3n) is 4.16. The molecule has 0 aliphatic rings. The second-order valence-electron chi connectivity index (χ2n) is 6.90. The topological polar surface area (TPSA) is 140 Å². The number of guanidine groups is 1. The molecular formula is C18H35N5O3. The van der Waals surface area contributed by atoms with Crippen molar-refractivity contribution >= 4 is 24.1 Å². The summed E-state index contributed by atoms with van der Waals surface area (Å²) in [5.41, 5.74) is 10.5. The van der Waals surface area contributed by atoms with Crippen molar-refractivity contribution in [2.24, 2.45) is 28.3 Å². The average molecular weight is 370 g/mol. The van der Waals surface area contributed by atoms with Gasteiger partial charge < -0.3 is 26.9 Å². The molecule has 0 unspecified atom stereocenters. The van der Waals surface area contributed by atoms with E-state index in [4.69, 9.17) is 11.5 Å². The number of rotatable bonds is 13. The van der Waals surface area contributed by atoms with E-state index in [-0.39, 0.29) is 29.6 Å². The van der Waals surface area contributed by atoms with E-state index in [1.165, 1.54) is 0 Å². The molecule has 0 aromatic carbocycles. The Bertz CT molecular complexity index is 471. The van der Waals surface area contributed by atoms with E-state index in [1.54, 1.807) is 0 Å². The van der Waals surface area contributed by atoms with E-state index in [9.17, 15) is 14.4 Å². The summed E-state index contributed by atoms with van der Waals surface area (Å²) < 4.78 is 0. The predicted octanol–water partition coefficient (Wildman–Crippen LogP) is 0.691. The molecule has 0 heterocycles. The fourth-order valence-corrected chi connectivity index (χ4v) is 2.63. The first kappa shape index (κ1) is 23.9. The van der Waals surface area contributed by atoms with Crippen molar-refractivity contribution in [1.82, 2.24) is 10.6 Å². The van der Waals surface area contributed by atoms with Crippen LogP contribution in [0.5, 0.6) is 0 Å². The second-order valence-corrected chi connectivity index (χ2v) is 6.90. The molecule has 0 aliphatic carbocycles.